The number of anilines is 2. The molecule has 31 heavy (non-hydrogen) atoms. The topological polar surface area (TPSA) is 166 Å². The average molecular weight is 453 g/mol. The quantitative estimate of drug-likeness (QED) is 0.421. The van der Waals surface area contributed by atoms with Crippen LogP contribution in [0.4, 0.5) is 16.4 Å². The first-order chi connectivity index (χ1) is 14.6. The molecule has 0 unspecified atom stereocenters. The second-order valence-corrected chi connectivity index (χ2v) is 7.38. The van der Waals surface area contributed by atoms with Crippen molar-refractivity contribution in [3.63, 3.8) is 0 Å². The number of ether oxygens (including phenoxy) is 3. The number of hydrogen-bond donors (Lipinski definition) is 2. The molecule has 1 heterocycles. The van der Waals surface area contributed by atoms with E-state index < -0.39 is 26.9 Å². The van der Waals surface area contributed by atoms with E-state index in [4.69, 9.17) is 9.47 Å². The van der Waals surface area contributed by atoms with Crippen molar-refractivity contribution in [1.29, 1.82) is 0 Å². The summed E-state index contributed by atoms with van der Waals surface area (Å²) in [5.41, 5.74) is -0.186. The number of hydrogen-bond acceptors (Lipinski definition) is 10. The zero-order chi connectivity index (χ0) is 23.2. The third-order valence-corrected chi connectivity index (χ3v) is 5.15. The lowest BCUT2D eigenvalue weighted by Crippen LogP contribution is -2.35. The molecule has 1 aromatic heterocycles. The van der Waals surface area contributed by atoms with Crippen molar-refractivity contribution < 1.29 is 37.0 Å². The van der Waals surface area contributed by atoms with Crippen molar-refractivity contribution in [2.45, 2.75) is 4.90 Å². The van der Waals surface area contributed by atoms with E-state index in [-0.39, 0.29) is 29.0 Å². The predicted octanol–water partition coefficient (Wildman–Crippen LogP) is 0.383. The highest BCUT2D eigenvalue weighted by Crippen LogP contribution is 2.23. The van der Waals surface area contributed by atoms with E-state index in [1.807, 2.05) is 0 Å². The first-order valence-electron chi connectivity index (χ1n) is 8.36. The van der Waals surface area contributed by atoms with Gasteiger partial charge in [-0.25, -0.2) is 22.7 Å². The van der Waals surface area contributed by atoms with Gasteiger partial charge in [0.1, 0.15) is 4.90 Å². The number of rotatable bonds is 8. The van der Waals surface area contributed by atoms with Crippen LogP contribution in [-0.2, 0) is 19.6 Å². The van der Waals surface area contributed by atoms with E-state index >= 15 is 0 Å². The molecule has 0 radical (unpaired) electrons. The van der Waals surface area contributed by atoms with Crippen LogP contribution in [0.15, 0.2) is 29.2 Å². The Morgan fingerprint density at radius 1 is 1.06 bits per heavy atom. The minimum atomic E-state index is -4.58. The summed E-state index contributed by atoms with van der Waals surface area (Å²) in [5.74, 6) is -1.14. The van der Waals surface area contributed by atoms with Crippen LogP contribution in [0.3, 0.4) is 0 Å². The molecule has 2 rings (SSSR count). The lowest BCUT2D eigenvalue weighted by molar-refractivity contribution is -0.107. The van der Waals surface area contributed by atoms with Crippen LogP contribution in [0.2, 0.25) is 0 Å². The van der Waals surface area contributed by atoms with Crippen LogP contribution < -0.4 is 24.4 Å². The minimum Gasteiger partial charge on any atom is -0.481 e. The number of methoxy groups -OCH3 is 3. The SMILES string of the molecule is COC(=O)c1ccc(N(C)C=O)cc1S(=O)(=O)NC(=O)Nc1nc(OC)cc(OC)n1. The molecule has 2 N–H and O–H groups in total. The maximum atomic E-state index is 12.8. The van der Waals surface area contributed by atoms with Gasteiger partial charge in [-0.2, -0.15) is 9.97 Å². The smallest absolute Gasteiger partial charge is 0.339 e. The summed E-state index contributed by atoms with van der Waals surface area (Å²) >= 11 is 0. The Morgan fingerprint density at radius 3 is 2.19 bits per heavy atom. The Labute approximate surface area is 177 Å². The van der Waals surface area contributed by atoms with Gasteiger partial charge in [0.25, 0.3) is 10.0 Å². The molecule has 0 saturated heterocycles. The van der Waals surface area contributed by atoms with Gasteiger partial charge in [0.05, 0.1) is 33.0 Å². The second-order valence-electron chi connectivity index (χ2n) is 5.72. The molecule has 2 aromatic rings. The predicted molar refractivity (Wildman–Crippen MR) is 107 cm³/mol. The summed E-state index contributed by atoms with van der Waals surface area (Å²) in [4.78, 5) is 43.5. The normalized spacial score (nSPS) is 10.6. The van der Waals surface area contributed by atoms with Crippen LogP contribution in [0.25, 0.3) is 0 Å². The number of benzene rings is 1. The largest absolute Gasteiger partial charge is 0.481 e. The Bertz CT molecular complexity index is 1080. The van der Waals surface area contributed by atoms with E-state index in [1.165, 1.54) is 33.4 Å². The summed E-state index contributed by atoms with van der Waals surface area (Å²) < 4.78 is 41.8. The van der Waals surface area contributed by atoms with Crippen molar-refractivity contribution in [3.05, 3.63) is 29.8 Å². The summed E-state index contributed by atoms with van der Waals surface area (Å²) in [5, 5.41) is 2.13. The third-order valence-electron chi connectivity index (χ3n) is 3.78. The molecule has 0 aliphatic rings. The third kappa shape index (κ3) is 5.57. The standard InChI is InChI=1S/C17H19N5O8S/c1-22(9-23)10-5-6-11(15(24)30-4)12(7-10)31(26,27)21-17(25)20-16-18-13(28-2)8-14(19-16)29-3/h5-9H,1-4H3,(H2,18,19,20,21,25). The van der Waals surface area contributed by atoms with E-state index in [2.05, 4.69) is 20.0 Å². The summed E-state index contributed by atoms with van der Waals surface area (Å²) in [6, 6.07) is 3.67. The van der Waals surface area contributed by atoms with E-state index in [9.17, 15) is 22.8 Å². The van der Waals surface area contributed by atoms with Crippen molar-refractivity contribution >= 4 is 40.1 Å². The first-order valence-corrected chi connectivity index (χ1v) is 9.84. The molecular formula is C17H19N5O8S. The van der Waals surface area contributed by atoms with Gasteiger partial charge < -0.3 is 19.1 Å². The summed E-state index contributed by atoms with van der Waals surface area (Å²) in [7, 11) is 0.516. The van der Waals surface area contributed by atoms with Gasteiger partial charge in [0.2, 0.25) is 24.1 Å². The maximum absolute atomic E-state index is 12.8. The van der Waals surface area contributed by atoms with Gasteiger partial charge in [0.15, 0.2) is 0 Å². The highest BCUT2D eigenvalue weighted by molar-refractivity contribution is 7.90. The Hall–Kier alpha value is -3.94. The fourth-order valence-corrected chi connectivity index (χ4v) is 3.39. The molecule has 0 aliphatic heterocycles. The zero-order valence-electron chi connectivity index (χ0n) is 16.9. The van der Waals surface area contributed by atoms with Crippen LogP contribution in [0, 0.1) is 0 Å². The number of urea groups is 1. The van der Waals surface area contributed by atoms with Gasteiger partial charge >= 0.3 is 12.0 Å². The van der Waals surface area contributed by atoms with Crippen molar-refractivity contribution in [3.8, 4) is 11.8 Å². The van der Waals surface area contributed by atoms with E-state index in [1.54, 1.807) is 4.72 Å². The van der Waals surface area contributed by atoms with Gasteiger partial charge in [0, 0.05) is 12.7 Å². The average Bonchev–Trinajstić information content (AvgIpc) is 2.76. The minimum absolute atomic E-state index is 0.0579. The lowest BCUT2D eigenvalue weighted by Gasteiger charge is -2.15. The van der Waals surface area contributed by atoms with Crippen molar-refractivity contribution in [2.75, 3.05) is 38.6 Å². The van der Waals surface area contributed by atoms with Gasteiger partial charge in [-0.05, 0) is 18.2 Å². The van der Waals surface area contributed by atoms with Crippen LogP contribution in [0.5, 0.6) is 11.8 Å². The zero-order valence-corrected chi connectivity index (χ0v) is 17.7. The Balaban J connectivity index is 2.37. The molecule has 1 aromatic carbocycles. The van der Waals surface area contributed by atoms with E-state index in [0.717, 1.165) is 24.1 Å². The molecule has 13 nitrogen and oxygen atoms in total. The number of amides is 3. The number of esters is 1. The molecule has 0 aliphatic carbocycles. The summed E-state index contributed by atoms with van der Waals surface area (Å²) in [6.07, 6.45) is 0.442. The molecular weight excluding hydrogens is 434 g/mol. The van der Waals surface area contributed by atoms with Crippen LogP contribution in [-0.4, -0.2) is 65.2 Å². The highest BCUT2D eigenvalue weighted by atomic mass is 32.2. The highest BCUT2D eigenvalue weighted by Gasteiger charge is 2.26. The molecule has 14 heteroatoms. The molecule has 0 atom stereocenters. The molecule has 0 fully saturated rings. The monoisotopic (exact) mass is 453 g/mol. The van der Waals surface area contributed by atoms with Gasteiger partial charge in [-0.3, -0.25) is 10.1 Å². The maximum Gasteiger partial charge on any atom is 0.339 e. The van der Waals surface area contributed by atoms with Gasteiger partial charge in [-0.15, -0.1) is 0 Å². The number of carbonyl (C=O) groups is 3. The van der Waals surface area contributed by atoms with Crippen LogP contribution in [0.1, 0.15) is 10.4 Å². The Morgan fingerprint density at radius 2 is 1.68 bits per heavy atom. The summed E-state index contributed by atoms with van der Waals surface area (Å²) in [6.45, 7) is 0. The van der Waals surface area contributed by atoms with Crippen molar-refractivity contribution in [2.24, 2.45) is 0 Å². The molecule has 0 saturated carbocycles. The van der Waals surface area contributed by atoms with Gasteiger partial charge in [-0.1, -0.05) is 0 Å². The Kier molecular flexibility index (Phi) is 7.31. The fourth-order valence-electron chi connectivity index (χ4n) is 2.27. The number of nitrogens with zero attached hydrogens (tertiary/aromatic N) is 3. The molecule has 0 bridgehead atoms. The lowest BCUT2D eigenvalue weighted by atomic mass is 10.2. The molecule has 166 valence electrons. The fraction of sp³-hybridized carbons (Fsp3) is 0.235. The van der Waals surface area contributed by atoms with Crippen LogP contribution >= 0.6 is 0 Å². The molecule has 0 spiro atoms. The number of aromatic nitrogens is 2. The molecule has 3 amide bonds. The number of sulfonamides is 1. The van der Waals surface area contributed by atoms with Crippen molar-refractivity contribution in [1.82, 2.24) is 14.7 Å². The first kappa shape index (κ1) is 23.3. The van der Waals surface area contributed by atoms with E-state index in [0.29, 0.717) is 6.41 Å². The second kappa shape index (κ2) is 9.71. The number of carbonyl (C=O) groups excluding carboxylic acids is 3. The number of nitrogens with one attached hydrogen (secondary N) is 2.